The quantitative estimate of drug-likeness (QED) is 0.363. The summed E-state index contributed by atoms with van der Waals surface area (Å²) in [7, 11) is 0. The Bertz CT molecular complexity index is 416. The van der Waals surface area contributed by atoms with E-state index in [0.717, 1.165) is 64.2 Å². The first-order valence-corrected chi connectivity index (χ1v) is 11.7. The molecule has 0 aliphatic heterocycles. The molecule has 0 heterocycles. The third kappa shape index (κ3) is 8.96. The van der Waals surface area contributed by atoms with E-state index in [2.05, 4.69) is 41.5 Å². The number of hydrogen-bond donors (Lipinski definition) is 0. The fraction of sp³-hybridized carbons (Fsp3) is 0.917. The van der Waals surface area contributed by atoms with Crippen LogP contribution in [0.3, 0.4) is 0 Å². The molecule has 0 aromatic rings. The van der Waals surface area contributed by atoms with Gasteiger partial charge in [-0.25, -0.2) is 0 Å². The molecule has 164 valence electrons. The first kappa shape index (κ1) is 25.0. The highest BCUT2D eigenvalue weighted by atomic mass is 16.6. The maximum absolute atomic E-state index is 12.9. The summed E-state index contributed by atoms with van der Waals surface area (Å²) in [4.78, 5) is 25.7. The van der Waals surface area contributed by atoms with Crippen LogP contribution in [0.1, 0.15) is 106 Å². The van der Waals surface area contributed by atoms with Gasteiger partial charge in [0, 0.05) is 0 Å². The Morgan fingerprint density at radius 2 is 1.07 bits per heavy atom. The number of carbonyl (C=O) groups excluding carboxylic acids is 2. The van der Waals surface area contributed by atoms with E-state index in [1.807, 2.05) is 0 Å². The highest BCUT2D eigenvalue weighted by Crippen LogP contribution is 2.33. The lowest BCUT2D eigenvalue weighted by Gasteiger charge is -2.31. The molecule has 4 unspecified atom stereocenters. The van der Waals surface area contributed by atoms with Gasteiger partial charge < -0.3 is 9.47 Å². The van der Waals surface area contributed by atoms with E-state index < -0.39 is 0 Å². The van der Waals surface area contributed by atoms with Gasteiger partial charge in [0.15, 0.2) is 0 Å². The lowest BCUT2D eigenvalue weighted by molar-refractivity contribution is -0.169. The highest BCUT2D eigenvalue weighted by Gasteiger charge is 2.39. The van der Waals surface area contributed by atoms with E-state index in [1.54, 1.807) is 0 Å². The predicted octanol–water partition coefficient (Wildman–Crippen LogP) is 6.31. The van der Waals surface area contributed by atoms with Crippen molar-refractivity contribution >= 4 is 11.9 Å². The molecule has 1 rings (SSSR count). The van der Waals surface area contributed by atoms with Crippen molar-refractivity contribution in [2.24, 2.45) is 23.7 Å². The van der Waals surface area contributed by atoms with Crippen LogP contribution in [0, 0.1) is 23.7 Å². The maximum Gasteiger partial charge on any atom is 0.310 e. The average molecular weight is 397 g/mol. The Morgan fingerprint density at radius 3 is 1.36 bits per heavy atom. The largest absolute Gasteiger partial charge is 0.462 e. The van der Waals surface area contributed by atoms with Gasteiger partial charge in [-0.2, -0.15) is 0 Å². The van der Waals surface area contributed by atoms with Crippen LogP contribution in [0.25, 0.3) is 0 Å². The van der Waals surface area contributed by atoms with Crippen molar-refractivity contribution in [2.75, 3.05) is 0 Å². The second kappa shape index (κ2) is 13.2. The van der Waals surface area contributed by atoms with Crippen molar-refractivity contribution in [3.05, 3.63) is 0 Å². The monoisotopic (exact) mass is 396 g/mol. The molecule has 1 aliphatic carbocycles. The van der Waals surface area contributed by atoms with Crippen molar-refractivity contribution in [3.63, 3.8) is 0 Å². The van der Waals surface area contributed by atoms with Crippen molar-refractivity contribution in [1.82, 2.24) is 0 Å². The minimum absolute atomic E-state index is 0.0390. The molecular weight excluding hydrogens is 352 g/mol. The van der Waals surface area contributed by atoms with Crippen LogP contribution in [0.5, 0.6) is 0 Å². The van der Waals surface area contributed by atoms with Crippen molar-refractivity contribution in [1.29, 1.82) is 0 Å². The number of ether oxygens (including phenoxy) is 2. The molecule has 1 fully saturated rings. The van der Waals surface area contributed by atoms with Gasteiger partial charge in [0.05, 0.1) is 11.8 Å². The summed E-state index contributed by atoms with van der Waals surface area (Å²) in [5.41, 5.74) is 0. The molecule has 0 aromatic carbocycles. The minimum Gasteiger partial charge on any atom is -0.462 e. The zero-order valence-corrected chi connectivity index (χ0v) is 19.2. The predicted molar refractivity (Wildman–Crippen MR) is 114 cm³/mol. The van der Waals surface area contributed by atoms with Crippen LogP contribution in [-0.4, -0.2) is 24.1 Å². The molecular formula is C24H44O4. The molecule has 4 atom stereocenters. The molecule has 0 bridgehead atoms. The molecule has 0 radical (unpaired) electrons. The summed E-state index contributed by atoms with van der Waals surface area (Å²) in [6.07, 6.45) is 8.92. The van der Waals surface area contributed by atoms with Gasteiger partial charge in [0.2, 0.25) is 0 Å². The van der Waals surface area contributed by atoms with Crippen LogP contribution in [0.15, 0.2) is 0 Å². The van der Waals surface area contributed by atoms with Gasteiger partial charge in [-0.15, -0.1) is 0 Å². The molecule has 0 spiro atoms. The highest BCUT2D eigenvalue weighted by molar-refractivity contribution is 5.82. The van der Waals surface area contributed by atoms with Gasteiger partial charge in [-0.05, 0) is 63.2 Å². The van der Waals surface area contributed by atoms with E-state index in [1.165, 1.54) is 0 Å². The number of esters is 2. The fourth-order valence-electron chi connectivity index (χ4n) is 3.93. The summed E-state index contributed by atoms with van der Waals surface area (Å²) in [6, 6.07) is 0. The Labute approximate surface area is 173 Å². The van der Waals surface area contributed by atoms with Crippen LogP contribution < -0.4 is 0 Å². The smallest absolute Gasteiger partial charge is 0.310 e. The third-order valence-electron chi connectivity index (χ3n) is 5.98. The van der Waals surface area contributed by atoms with E-state index in [-0.39, 0.29) is 36.0 Å². The topological polar surface area (TPSA) is 52.6 Å². The van der Waals surface area contributed by atoms with Gasteiger partial charge in [0.25, 0.3) is 0 Å². The SMILES string of the molecule is CCC(CCC(C)C)OC(=O)C1CCCCC1C(=O)OC(CC)CCC(C)C. The average Bonchev–Trinajstić information content (AvgIpc) is 2.67. The summed E-state index contributed by atoms with van der Waals surface area (Å²) in [5, 5.41) is 0. The second-order valence-corrected chi connectivity index (χ2v) is 9.37. The Morgan fingerprint density at radius 1 is 0.714 bits per heavy atom. The second-order valence-electron chi connectivity index (χ2n) is 9.37. The van der Waals surface area contributed by atoms with E-state index in [9.17, 15) is 9.59 Å². The molecule has 0 amide bonds. The Balaban J connectivity index is 2.67. The van der Waals surface area contributed by atoms with Crippen molar-refractivity contribution < 1.29 is 19.1 Å². The lowest BCUT2D eigenvalue weighted by Crippen LogP contribution is -2.37. The van der Waals surface area contributed by atoms with Crippen molar-refractivity contribution in [3.8, 4) is 0 Å². The summed E-state index contributed by atoms with van der Waals surface area (Å²) in [5.74, 6) is 0.151. The first-order chi connectivity index (χ1) is 13.3. The van der Waals surface area contributed by atoms with Gasteiger partial charge >= 0.3 is 11.9 Å². The number of rotatable bonds is 12. The number of hydrogen-bond acceptors (Lipinski definition) is 4. The molecule has 4 heteroatoms. The van der Waals surface area contributed by atoms with E-state index >= 15 is 0 Å². The van der Waals surface area contributed by atoms with Gasteiger partial charge in [0.1, 0.15) is 12.2 Å². The molecule has 0 N–H and O–H groups in total. The van der Waals surface area contributed by atoms with E-state index in [0.29, 0.717) is 11.8 Å². The zero-order valence-electron chi connectivity index (χ0n) is 19.2. The van der Waals surface area contributed by atoms with Crippen LogP contribution in [0.2, 0.25) is 0 Å². The Hall–Kier alpha value is -1.06. The summed E-state index contributed by atoms with van der Waals surface area (Å²) in [6.45, 7) is 12.9. The van der Waals surface area contributed by atoms with Gasteiger partial charge in [-0.3, -0.25) is 9.59 Å². The normalized spacial score (nSPS) is 22.1. The molecule has 0 aromatic heterocycles. The maximum atomic E-state index is 12.9. The third-order valence-corrected chi connectivity index (χ3v) is 5.98. The van der Waals surface area contributed by atoms with Crippen LogP contribution in [0.4, 0.5) is 0 Å². The summed E-state index contributed by atoms with van der Waals surface area (Å²) < 4.78 is 11.7. The number of carbonyl (C=O) groups is 2. The fourth-order valence-corrected chi connectivity index (χ4v) is 3.93. The standard InChI is InChI=1S/C24H44O4/c1-7-19(15-13-17(3)4)27-23(25)21-11-9-10-12-22(21)24(26)28-20(8-2)16-14-18(5)6/h17-22H,7-16H2,1-6H3. The van der Waals surface area contributed by atoms with E-state index in [4.69, 9.17) is 9.47 Å². The van der Waals surface area contributed by atoms with Gasteiger partial charge in [-0.1, -0.05) is 54.4 Å². The summed E-state index contributed by atoms with van der Waals surface area (Å²) >= 11 is 0. The van der Waals surface area contributed by atoms with Crippen LogP contribution in [-0.2, 0) is 19.1 Å². The molecule has 1 aliphatic rings. The molecule has 0 saturated heterocycles. The first-order valence-electron chi connectivity index (χ1n) is 11.7. The Kier molecular flexibility index (Phi) is 11.8. The lowest BCUT2D eigenvalue weighted by atomic mass is 9.79. The molecule has 28 heavy (non-hydrogen) atoms. The zero-order chi connectivity index (χ0) is 21.1. The minimum atomic E-state index is -0.336. The molecule has 1 saturated carbocycles. The molecule has 4 nitrogen and oxygen atoms in total. The van der Waals surface area contributed by atoms with Crippen LogP contribution >= 0.6 is 0 Å². The van der Waals surface area contributed by atoms with Crippen molar-refractivity contribution in [2.45, 2.75) is 118 Å².